The minimum Gasteiger partial charge on any atom is -0.494 e. The molecule has 4 rings (SSSR count). The highest BCUT2D eigenvalue weighted by molar-refractivity contribution is 9.11. The van der Waals surface area contributed by atoms with E-state index in [1.54, 1.807) is 12.1 Å². The molecule has 3 aromatic rings. The third kappa shape index (κ3) is 4.89. The first kappa shape index (κ1) is 27.2. The number of hydrogen-bond donors (Lipinski definition) is 0. The van der Waals surface area contributed by atoms with Crippen molar-refractivity contribution in [1.29, 1.82) is 0 Å². The third-order valence-corrected chi connectivity index (χ3v) is 6.95. The van der Waals surface area contributed by atoms with Crippen LogP contribution >= 0.6 is 47.8 Å². The minimum atomic E-state index is -2.34. The Kier molecular flexibility index (Phi) is 7.72. The van der Waals surface area contributed by atoms with Gasteiger partial charge in [-0.2, -0.15) is 0 Å². The van der Waals surface area contributed by atoms with Gasteiger partial charge in [0.15, 0.2) is 23.3 Å². The molecule has 0 fully saturated rings. The first-order valence-electron chi connectivity index (χ1n) is 9.99. The summed E-state index contributed by atoms with van der Waals surface area (Å²) in [5.74, 6) is -13.1. The molecule has 0 saturated carbocycles. The first-order chi connectivity index (χ1) is 17.5. The fourth-order valence-corrected chi connectivity index (χ4v) is 5.32. The second kappa shape index (κ2) is 10.5. The summed E-state index contributed by atoms with van der Waals surface area (Å²) in [6.45, 7) is 0. The molecule has 0 spiro atoms. The van der Waals surface area contributed by atoms with Crippen LogP contribution < -0.4 is 4.74 Å². The predicted molar refractivity (Wildman–Crippen MR) is 134 cm³/mol. The quantitative estimate of drug-likeness (QED) is 0.0676. The second-order valence-corrected chi connectivity index (χ2v) is 10.1. The molecule has 0 radical (unpaired) electrons. The topological polar surface area (TPSA) is 52.6 Å². The number of hydrogen-bond acceptors (Lipinski definition) is 4. The highest BCUT2D eigenvalue weighted by Crippen LogP contribution is 2.41. The van der Waals surface area contributed by atoms with Gasteiger partial charge in [0.05, 0.1) is 21.6 Å². The molecule has 190 valence electrons. The van der Waals surface area contributed by atoms with E-state index in [0.29, 0.717) is 25.2 Å². The van der Waals surface area contributed by atoms with E-state index < -0.39 is 57.7 Å². The molecule has 12 heteroatoms. The lowest BCUT2D eigenvalue weighted by atomic mass is 9.93. The maximum Gasteiger partial charge on any atom is 0.348 e. The highest BCUT2D eigenvalue weighted by Gasteiger charge is 2.37. The number of ketones is 1. The summed E-state index contributed by atoms with van der Waals surface area (Å²) < 4.78 is 81.6. The van der Waals surface area contributed by atoms with E-state index in [-0.39, 0.29) is 16.7 Å². The minimum absolute atomic E-state index is 0.0126. The van der Waals surface area contributed by atoms with Crippen LogP contribution in [-0.4, -0.2) is 18.9 Å². The molecule has 4 nitrogen and oxygen atoms in total. The fourth-order valence-electron chi connectivity index (χ4n) is 3.55. The van der Waals surface area contributed by atoms with Gasteiger partial charge in [-0.3, -0.25) is 4.79 Å². The molecule has 0 unspecified atom stereocenters. The van der Waals surface area contributed by atoms with Gasteiger partial charge in [0.25, 0.3) is 0 Å². The summed E-state index contributed by atoms with van der Waals surface area (Å²) in [6.07, 6.45) is 0.492. The van der Waals surface area contributed by atoms with Crippen molar-refractivity contribution in [2.75, 3.05) is 7.11 Å². The van der Waals surface area contributed by atoms with Crippen LogP contribution in [0.25, 0.3) is 11.6 Å². The Balaban J connectivity index is 1.98. The van der Waals surface area contributed by atoms with Gasteiger partial charge in [-0.05, 0) is 67.8 Å². The number of cyclic esters (lactones) is 1. The first-order valence-corrected chi connectivity index (χ1v) is 12.4. The molecule has 0 aromatic heterocycles. The van der Waals surface area contributed by atoms with Gasteiger partial charge < -0.3 is 9.47 Å². The molecule has 0 N–H and O–H groups in total. The van der Waals surface area contributed by atoms with Gasteiger partial charge in [-0.1, -0.05) is 28.1 Å². The number of esters is 1. The standard InChI is InChI=1S/C25H10Br3F5O4/c1-36-24-13(27)6-10(7-14(24)28)23(34)17-16(9-2-4-11(26)5-3-9)15(37-25(17)35)8-12-18(29)20(31)22(33)21(32)19(12)30/h2-8H,1H3/b15-8-. The Hall–Kier alpha value is -2.83. The maximum atomic E-state index is 14.4. The van der Waals surface area contributed by atoms with Crippen molar-refractivity contribution < 1.29 is 41.0 Å². The number of rotatable bonds is 5. The number of benzene rings is 3. The monoisotopic (exact) mass is 706 g/mol. The highest BCUT2D eigenvalue weighted by atomic mass is 79.9. The molecule has 1 heterocycles. The summed E-state index contributed by atoms with van der Waals surface area (Å²) in [5.41, 5.74) is -1.83. The molecule has 0 bridgehead atoms. The van der Waals surface area contributed by atoms with Gasteiger partial charge in [-0.15, -0.1) is 0 Å². The van der Waals surface area contributed by atoms with Gasteiger partial charge in [-0.25, -0.2) is 26.7 Å². The van der Waals surface area contributed by atoms with Gasteiger partial charge in [0, 0.05) is 15.6 Å². The van der Waals surface area contributed by atoms with Crippen LogP contribution in [0, 0.1) is 29.1 Å². The van der Waals surface area contributed by atoms with Crippen molar-refractivity contribution in [3.8, 4) is 5.75 Å². The Labute approximate surface area is 231 Å². The lowest BCUT2D eigenvalue weighted by molar-refractivity contribution is -0.132. The zero-order chi connectivity index (χ0) is 27.2. The SMILES string of the molecule is COc1c(Br)cc(C(=O)C2=C(c3ccc(Br)cc3)/C(=C/c3c(F)c(F)c(F)c(F)c3F)OC2=O)cc1Br. The number of carbonyl (C=O) groups excluding carboxylic acids is 2. The number of carbonyl (C=O) groups is 2. The Morgan fingerprint density at radius 2 is 1.38 bits per heavy atom. The van der Waals surface area contributed by atoms with Crippen LogP contribution in [0.15, 0.2) is 61.1 Å². The summed E-state index contributed by atoms with van der Waals surface area (Å²) in [6, 6.07) is 8.84. The Bertz CT molecular complexity index is 1500. The van der Waals surface area contributed by atoms with E-state index in [9.17, 15) is 31.5 Å². The van der Waals surface area contributed by atoms with E-state index in [1.165, 1.54) is 31.4 Å². The maximum absolute atomic E-state index is 14.4. The number of Topliss-reactive ketones (excluding diaryl/α,β-unsaturated/α-hetero) is 1. The molecule has 0 amide bonds. The van der Waals surface area contributed by atoms with E-state index >= 15 is 0 Å². The summed E-state index contributed by atoms with van der Waals surface area (Å²) in [5, 5.41) is 0. The third-order valence-electron chi connectivity index (χ3n) is 5.25. The average Bonchev–Trinajstić information content (AvgIpc) is 3.19. The second-order valence-electron chi connectivity index (χ2n) is 7.44. The van der Waals surface area contributed by atoms with Crippen molar-refractivity contribution in [3.05, 3.63) is 107 Å². The lowest BCUT2D eigenvalue weighted by Crippen LogP contribution is -2.11. The molecular formula is C25H10Br3F5O4. The fraction of sp³-hybridized carbons (Fsp3) is 0.0400. The van der Waals surface area contributed by atoms with Crippen LogP contribution in [0.4, 0.5) is 22.0 Å². The number of methoxy groups -OCH3 is 1. The molecule has 0 aliphatic carbocycles. The van der Waals surface area contributed by atoms with Crippen molar-refractivity contribution in [2.24, 2.45) is 0 Å². The van der Waals surface area contributed by atoms with Crippen LogP contribution in [-0.2, 0) is 9.53 Å². The van der Waals surface area contributed by atoms with Crippen molar-refractivity contribution in [1.82, 2.24) is 0 Å². The Morgan fingerprint density at radius 3 is 1.89 bits per heavy atom. The largest absolute Gasteiger partial charge is 0.494 e. The predicted octanol–water partition coefficient (Wildman–Crippen LogP) is 7.91. The lowest BCUT2D eigenvalue weighted by Gasteiger charge is -2.10. The van der Waals surface area contributed by atoms with Crippen LogP contribution in [0.3, 0.4) is 0 Å². The molecular weight excluding hydrogens is 699 g/mol. The molecule has 0 saturated heterocycles. The summed E-state index contributed by atoms with van der Waals surface area (Å²) >= 11 is 9.79. The summed E-state index contributed by atoms with van der Waals surface area (Å²) in [7, 11) is 1.41. The van der Waals surface area contributed by atoms with Crippen LogP contribution in [0.1, 0.15) is 21.5 Å². The molecule has 3 aromatic carbocycles. The van der Waals surface area contributed by atoms with Gasteiger partial charge >= 0.3 is 5.97 Å². The van der Waals surface area contributed by atoms with Gasteiger partial charge in [0.1, 0.15) is 17.1 Å². The zero-order valence-electron chi connectivity index (χ0n) is 18.2. The number of halogens is 8. The number of ether oxygens (including phenoxy) is 2. The normalized spacial score (nSPS) is 14.4. The average molecular weight is 709 g/mol. The van der Waals surface area contributed by atoms with Gasteiger partial charge in [0.2, 0.25) is 11.6 Å². The smallest absolute Gasteiger partial charge is 0.348 e. The van der Waals surface area contributed by atoms with E-state index in [1.807, 2.05) is 0 Å². The summed E-state index contributed by atoms with van der Waals surface area (Å²) in [4.78, 5) is 26.4. The van der Waals surface area contributed by atoms with E-state index in [2.05, 4.69) is 47.8 Å². The van der Waals surface area contributed by atoms with Crippen molar-refractivity contribution in [3.63, 3.8) is 0 Å². The number of allylic oxidation sites excluding steroid dienone is 1. The Morgan fingerprint density at radius 1 is 0.865 bits per heavy atom. The van der Waals surface area contributed by atoms with Crippen LogP contribution in [0.2, 0.25) is 0 Å². The van der Waals surface area contributed by atoms with E-state index in [4.69, 9.17) is 9.47 Å². The zero-order valence-corrected chi connectivity index (χ0v) is 23.0. The van der Waals surface area contributed by atoms with E-state index in [0.717, 1.165) is 0 Å². The van der Waals surface area contributed by atoms with Crippen LogP contribution in [0.5, 0.6) is 5.75 Å². The molecule has 1 aliphatic rings. The molecule has 37 heavy (non-hydrogen) atoms. The van der Waals surface area contributed by atoms with Crippen molar-refractivity contribution in [2.45, 2.75) is 0 Å². The molecule has 0 atom stereocenters. The molecule has 1 aliphatic heterocycles. The van der Waals surface area contributed by atoms with Crippen molar-refractivity contribution >= 4 is 71.2 Å².